The molecule has 0 N–H and O–H groups in total. The van der Waals surface area contributed by atoms with Gasteiger partial charge in [-0.2, -0.15) is 0 Å². The Hall–Kier alpha value is 2.28. The Labute approximate surface area is 136 Å². The molecule has 0 rings (SSSR count). The van der Waals surface area contributed by atoms with E-state index < -0.39 is 0 Å². The summed E-state index contributed by atoms with van der Waals surface area (Å²) in [7, 11) is 0. The van der Waals surface area contributed by atoms with E-state index in [9.17, 15) is 0 Å². The van der Waals surface area contributed by atoms with Crippen LogP contribution in [-0.2, 0) is 12.9 Å². The van der Waals surface area contributed by atoms with E-state index in [0.29, 0.717) is 19.8 Å². The van der Waals surface area contributed by atoms with Gasteiger partial charge in [0.15, 0.2) is 0 Å². The van der Waals surface area contributed by atoms with Crippen LogP contribution in [0.4, 0.5) is 0 Å². The van der Waals surface area contributed by atoms with Crippen molar-refractivity contribution >= 4 is 53.0 Å². The summed E-state index contributed by atoms with van der Waals surface area (Å²) in [5.41, 5.74) is 0. The van der Waals surface area contributed by atoms with Crippen LogP contribution in [0.1, 0.15) is 22.2 Å². The Bertz CT molecular complexity index is 49.1. The number of rotatable bonds is 3. The molecule has 0 heterocycles. The monoisotopic (exact) mass is 291 g/mol. The van der Waals surface area contributed by atoms with Crippen molar-refractivity contribution in [2.24, 2.45) is 0 Å². The van der Waals surface area contributed by atoms with E-state index in [2.05, 4.69) is 48.5 Å². The zero-order valence-electron chi connectivity index (χ0n) is 10.1. The van der Waals surface area contributed by atoms with Crippen LogP contribution in [-0.4, -0.2) is 37.2 Å². The van der Waals surface area contributed by atoms with E-state index in [4.69, 9.17) is 0 Å². The van der Waals surface area contributed by atoms with Crippen LogP contribution in [0.2, 0.25) is 0 Å². The molecule has 0 amide bonds. The van der Waals surface area contributed by atoms with Gasteiger partial charge in [-0.3, -0.25) is 12.9 Å². The Balaban J connectivity index is -0.0000000184. The van der Waals surface area contributed by atoms with Crippen LogP contribution < -0.4 is 29.6 Å². The van der Waals surface area contributed by atoms with Crippen LogP contribution in [0.25, 0.3) is 0 Å². The first kappa shape index (κ1) is 29.9. The standard InChI is InChI=1S/3C2H5ClO.Al.Na.H/c3*1-2-4-3;;;/h3*2H2,1H3;;;/q;;;;+1;-1. The summed E-state index contributed by atoms with van der Waals surface area (Å²) in [6.07, 6.45) is 0. The van der Waals surface area contributed by atoms with Gasteiger partial charge in [0, 0.05) is 17.4 Å². The Kier molecular flexibility index (Phi) is 97.0. The zero-order valence-corrected chi connectivity index (χ0v) is 14.5. The molecule has 0 unspecified atom stereocenters. The molecule has 83 valence electrons. The van der Waals surface area contributed by atoms with Crippen LogP contribution >= 0.6 is 35.6 Å². The molecule has 0 spiro atoms. The van der Waals surface area contributed by atoms with Gasteiger partial charge in [0.05, 0.1) is 55.4 Å². The SMILES string of the molecule is CCOCl.CCOCl.CCOCl.[Al].[H-].[Na+]. The van der Waals surface area contributed by atoms with Crippen molar-refractivity contribution < 1.29 is 43.9 Å². The topological polar surface area (TPSA) is 27.7 Å². The van der Waals surface area contributed by atoms with E-state index in [-0.39, 0.29) is 48.3 Å². The van der Waals surface area contributed by atoms with E-state index in [1.807, 2.05) is 20.8 Å². The molecule has 0 atom stereocenters. The van der Waals surface area contributed by atoms with Crippen molar-refractivity contribution in [1.82, 2.24) is 0 Å². The predicted molar refractivity (Wildman–Crippen MR) is 59.3 cm³/mol. The largest absolute Gasteiger partial charge is 1.00 e. The summed E-state index contributed by atoms with van der Waals surface area (Å²) in [6, 6.07) is 0. The minimum Gasteiger partial charge on any atom is -1.00 e. The molecule has 0 saturated heterocycles. The zero-order chi connectivity index (χ0) is 10.2. The van der Waals surface area contributed by atoms with Crippen molar-refractivity contribution in [2.45, 2.75) is 20.8 Å². The second kappa shape index (κ2) is 45.4. The van der Waals surface area contributed by atoms with Gasteiger partial charge in [-0.25, -0.2) is 0 Å². The summed E-state index contributed by atoms with van der Waals surface area (Å²) in [6.45, 7) is 7.23. The van der Waals surface area contributed by atoms with E-state index in [0.717, 1.165) is 0 Å². The summed E-state index contributed by atoms with van der Waals surface area (Å²) >= 11 is 14.1. The van der Waals surface area contributed by atoms with Crippen LogP contribution in [0.5, 0.6) is 0 Å². The average molecular weight is 293 g/mol. The van der Waals surface area contributed by atoms with Gasteiger partial charge in [0.25, 0.3) is 0 Å². The van der Waals surface area contributed by atoms with Crippen molar-refractivity contribution in [3.05, 3.63) is 0 Å². The minimum absolute atomic E-state index is 0. The third kappa shape index (κ3) is 90.3. The van der Waals surface area contributed by atoms with Gasteiger partial charge in [-0.05, 0) is 20.8 Å². The molecule has 0 fully saturated rings. The van der Waals surface area contributed by atoms with E-state index in [1.54, 1.807) is 0 Å². The smallest absolute Gasteiger partial charge is 1.00 e. The van der Waals surface area contributed by atoms with Crippen molar-refractivity contribution in [2.75, 3.05) is 19.8 Å². The minimum atomic E-state index is 0. The number of hydrogen-bond acceptors (Lipinski definition) is 3. The fourth-order valence-corrected chi connectivity index (χ4v) is 0. The van der Waals surface area contributed by atoms with Gasteiger partial charge in [0.2, 0.25) is 0 Å². The molecule has 0 aromatic heterocycles. The number of hydrogen-bond donors (Lipinski definition) is 0. The van der Waals surface area contributed by atoms with Gasteiger partial charge in [-0.1, -0.05) is 0 Å². The van der Waals surface area contributed by atoms with Gasteiger partial charge < -0.3 is 1.43 Å². The van der Waals surface area contributed by atoms with Gasteiger partial charge in [-0.15, -0.1) is 0 Å². The Morgan fingerprint density at radius 1 is 0.786 bits per heavy atom. The second-order valence-corrected chi connectivity index (χ2v) is 1.85. The molecular formula is C6H16AlCl3NaO3. The van der Waals surface area contributed by atoms with Crippen molar-refractivity contribution in [3.63, 3.8) is 0 Å². The van der Waals surface area contributed by atoms with Gasteiger partial charge in [0.1, 0.15) is 0 Å². The molecule has 0 aliphatic carbocycles. The Morgan fingerprint density at radius 2 is 0.857 bits per heavy atom. The molecule has 0 bridgehead atoms. The van der Waals surface area contributed by atoms with Gasteiger partial charge >= 0.3 is 29.6 Å². The van der Waals surface area contributed by atoms with Crippen LogP contribution in [0.15, 0.2) is 0 Å². The quantitative estimate of drug-likeness (QED) is 0.699. The third-order valence-electron chi connectivity index (χ3n) is 0.327. The molecule has 8 heteroatoms. The van der Waals surface area contributed by atoms with Crippen LogP contribution in [0, 0.1) is 0 Å². The predicted octanol–water partition coefficient (Wildman–Crippen LogP) is 0.266. The molecule has 0 aromatic carbocycles. The van der Waals surface area contributed by atoms with Crippen molar-refractivity contribution in [3.8, 4) is 0 Å². The summed E-state index contributed by atoms with van der Waals surface area (Å²) in [5.74, 6) is 0. The molecule has 0 aromatic rings. The molecule has 0 aliphatic heterocycles. The van der Waals surface area contributed by atoms with Crippen LogP contribution in [0.3, 0.4) is 0 Å². The first-order valence-corrected chi connectivity index (χ1v) is 4.38. The number of halogens is 3. The molecule has 0 aliphatic rings. The first-order valence-electron chi connectivity index (χ1n) is 3.45. The molecule has 3 nitrogen and oxygen atoms in total. The second-order valence-electron chi connectivity index (χ2n) is 1.19. The summed E-state index contributed by atoms with van der Waals surface area (Å²) in [5, 5.41) is 0. The molecule has 3 radical (unpaired) electrons. The van der Waals surface area contributed by atoms with Crippen molar-refractivity contribution in [1.29, 1.82) is 0 Å². The summed E-state index contributed by atoms with van der Waals surface area (Å²) in [4.78, 5) is 0. The normalized spacial score (nSPS) is 6.43. The molecular weight excluding hydrogens is 276 g/mol. The molecule has 14 heavy (non-hydrogen) atoms. The molecule has 0 saturated carbocycles. The fourth-order valence-electron chi connectivity index (χ4n) is 0. The first-order chi connectivity index (χ1) is 5.74. The maximum absolute atomic E-state index is 4.69. The third-order valence-corrected chi connectivity index (χ3v) is 0.982. The average Bonchev–Trinajstić information content (AvgIpc) is 2.18. The van der Waals surface area contributed by atoms with E-state index >= 15 is 0 Å². The van der Waals surface area contributed by atoms with E-state index in [1.165, 1.54) is 0 Å². The maximum atomic E-state index is 4.69. The maximum Gasteiger partial charge on any atom is 1.00 e. The summed E-state index contributed by atoms with van der Waals surface area (Å²) < 4.78 is 12.0. The Morgan fingerprint density at radius 3 is 0.857 bits per heavy atom. The fraction of sp³-hybridized carbons (Fsp3) is 1.00.